The topological polar surface area (TPSA) is 16.1 Å². The monoisotopic (exact) mass is 278 g/mol. The summed E-state index contributed by atoms with van der Waals surface area (Å²) in [7, 11) is 4.19. The molecule has 0 aliphatic heterocycles. The number of hydrogen-bond donors (Lipinski definition) is 0. The predicted molar refractivity (Wildman–Crippen MR) is 81.6 cm³/mol. The Labute approximate surface area is 117 Å². The highest BCUT2D eigenvalue weighted by Crippen LogP contribution is 2.28. The molecule has 1 heterocycles. The van der Waals surface area contributed by atoms with Gasteiger partial charge in [0.1, 0.15) is 0 Å². The fourth-order valence-corrected chi connectivity index (χ4v) is 3.51. The Kier molecular flexibility index (Phi) is 4.80. The molecule has 18 heavy (non-hydrogen) atoms. The first kappa shape index (κ1) is 13.6. The van der Waals surface area contributed by atoms with Crippen LogP contribution in [0.2, 0.25) is 0 Å². The predicted octanol–water partition coefficient (Wildman–Crippen LogP) is 3.77. The van der Waals surface area contributed by atoms with Crippen LogP contribution in [0.3, 0.4) is 0 Å². The van der Waals surface area contributed by atoms with Gasteiger partial charge in [-0.1, -0.05) is 41.6 Å². The van der Waals surface area contributed by atoms with Gasteiger partial charge < -0.3 is 4.90 Å². The molecule has 0 saturated heterocycles. The zero-order valence-electron chi connectivity index (χ0n) is 11.0. The van der Waals surface area contributed by atoms with Crippen molar-refractivity contribution in [2.45, 2.75) is 11.3 Å². The second kappa shape index (κ2) is 6.36. The van der Waals surface area contributed by atoms with Crippen molar-refractivity contribution in [3.8, 4) is 11.3 Å². The van der Waals surface area contributed by atoms with Crippen molar-refractivity contribution in [2.75, 3.05) is 26.4 Å². The highest BCUT2D eigenvalue weighted by molar-refractivity contribution is 8.01. The van der Waals surface area contributed by atoms with Gasteiger partial charge in [0.25, 0.3) is 0 Å². The molecule has 1 aromatic heterocycles. The molecule has 0 aliphatic rings. The lowest BCUT2D eigenvalue weighted by Crippen LogP contribution is -2.14. The van der Waals surface area contributed by atoms with Crippen LogP contribution in [0.15, 0.2) is 34.0 Å². The summed E-state index contributed by atoms with van der Waals surface area (Å²) in [6.07, 6.45) is 0. The van der Waals surface area contributed by atoms with E-state index in [0.717, 1.165) is 22.3 Å². The molecular formula is C14H18N2S2. The molecule has 0 bridgehead atoms. The molecule has 0 amide bonds. The van der Waals surface area contributed by atoms with Crippen LogP contribution in [0.4, 0.5) is 0 Å². The molecule has 0 fully saturated rings. The van der Waals surface area contributed by atoms with Crippen LogP contribution in [-0.4, -0.2) is 36.3 Å². The summed E-state index contributed by atoms with van der Waals surface area (Å²) in [6.45, 7) is 3.19. The quantitative estimate of drug-likeness (QED) is 0.775. The summed E-state index contributed by atoms with van der Waals surface area (Å²) in [5.41, 5.74) is 3.58. The molecule has 0 N–H and O–H groups in total. The highest BCUT2D eigenvalue weighted by Gasteiger charge is 2.05. The van der Waals surface area contributed by atoms with E-state index in [-0.39, 0.29) is 0 Å². The van der Waals surface area contributed by atoms with E-state index in [1.54, 1.807) is 11.3 Å². The molecule has 0 unspecified atom stereocenters. The van der Waals surface area contributed by atoms with Gasteiger partial charge in [0.2, 0.25) is 0 Å². The van der Waals surface area contributed by atoms with Gasteiger partial charge in [-0.2, -0.15) is 0 Å². The van der Waals surface area contributed by atoms with Gasteiger partial charge in [-0.05, 0) is 21.0 Å². The summed E-state index contributed by atoms with van der Waals surface area (Å²) < 4.78 is 1.16. The summed E-state index contributed by atoms with van der Waals surface area (Å²) in [4.78, 5) is 6.87. The first-order valence-electron chi connectivity index (χ1n) is 5.95. The van der Waals surface area contributed by atoms with Crippen molar-refractivity contribution < 1.29 is 0 Å². The van der Waals surface area contributed by atoms with E-state index >= 15 is 0 Å². The summed E-state index contributed by atoms with van der Waals surface area (Å²) in [6, 6.07) is 8.54. The molecule has 96 valence electrons. The number of rotatable bonds is 5. The zero-order chi connectivity index (χ0) is 13.0. The van der Waals surface area contributed by atoms with Gasteiger partial charge in [-0.3, -0.25) is 0 Å². The van der Waals surface area contributed by atoms with Crippen LogP contribution in [0, 0.1) is 6.92 Å². The number of thiazole rings is 1. The van der Waals surface area contributed by atoms with Crippen LogP contribution in [-0.2, 0) is 0 Å². The minimum atomic E-state index is 1.09. The lowest BCUT2D eigenvalue weighted by molar-refractivity contribution is 0.437. The number of aryl methyl sites for hydroxylation is 1. The zero-order valence-corrected chi connectivity index (χ0v) is 12.6. The molecule has 0 radical (unpaired) electrons. The highest BCUT2D eigenvalue weighted by atomic mass is 32.2. The smallest absolute Gasteiger partial charge is 0.150 e. The largest absolute Gasteiger partial charge is 0.309 e. The molecule has 0 spiro atoms. The Bertz CT molecular complexity index is 489. The van der Waals surface area contributed by atoms with Crippen LogP contribution < -0.4 is 0 Å². The van der Waals surface area contributed by atoms with Gasteiger partial charge in [0.15, 0.2) is 4.34 Å². The van der Waals surface area contributed by atoms with E-state index in [0.29, 0.717) is 0 Å². The molecule has 0 aliphatic carbocycles. The lowest BCUT2D eigenvalue weighted by Gasteiger charge is -2.06. The standard InChI is InChI=1S/C14H18N2S2/c1-11-4-6-12(7-5-11)13-10-18-14(15-13)17-9-8-16(2)3/h4-7,10H,8-9H2,1-3H3. The maximum atomic E-state index is 4.67. The number of benzene rings is 1. The van der Waals surface area contributed by atoms with E-state index in [2.05, 4.69) is 60.5 Å². The third kappa shape index (κ3) is 3.83. The molecule has 0 atom stereocenters. The molecule has 0 saturated carbocycles. The van der Waals surface area contributed by atoms with Crippen LogP contribution in [0.1, 0.15) is 5.56 Å². The summed E-state index contributed by atoms with van der Waals surface area (Å²) in [5.74, 6) is 1.09. The Morgan fingerprint density at radius 2 is 1.94 bits per heavy atom. The lowest BCUT2D eigenvalue weighted by atomic mass is 10.1. The fourth-order valence-electron chi connectivity index (χ4n) is 1.50. The third-order valence-corrected chi connectivity index (χ3v) is 4.60. The molecule has 1 aromatic carbocycles. The minimum Gasteiger partial charge on any atom is -0.309 e. The number of hydrogen-bond acceptors (Lipinski definition) is 4. The van der Waals surface area contributed by atoms with Crippen molar-refractivity contribution in [1.82, 2.24) is 9.88 Å². The molecule has 2 aromatic rings. The average Bonchev–Trinajstić information content (AvgIpc) is 2.78. The number of aromatic nitrogens is 1. The van der Waals surface area contributed by atoms with Crippen LogP contribution in [0.25, 0.3) is 11.3 Å². The Morgan fingerprint density at radius 1 is 1.22 bits per heavy atom. The average molecular weight is 278 g/mol. The van der Waals surface area contributed by atoms with Gasteiger partial charge in [0.05, 0.1) is 5.69 Å². The number of nitrogens with zero attached hydrogens (tertiary/aromatic N) is 2. The normalized spacial score (nSPS) is 11.1. The minimum absolute atomic E-state index is 1.09. The van der Waals surface area contributed by atoms with Gasteiger partial charge in [-0.25, -0.2) is 4.98 Å². The molecule has 2 nitrogen and oxygen atoms in total. The fraction of sp³-hybridized carbons (Fsp3) is 0.357. The summed E-state index contributed by atoms with van der Waals surface area (Å²) >= 11 is 3.57. The van der Waals surface area contributed by atoms with Gasteiger partial charge in [0, 0.05) is 23.2 Å². The van der Waals surface area contributed by atoms with Crippen molar-refractivity contribution in [3.63, 3.8) is 0 Å². The Morgan fingerprint density at radius 3 is 2.61 bits per heavy atom. The SMILES string of the molecule is Cc1ccc(-c2csc(SCCN(C)C)n2)cc1. The van der Waals surface area contributed by atoms with E-state index in [1.807, 2.05) is 11.8 Å². The summed E-state index contributed by atoms with van der Waals surface area (Å²) in [5, 5.41) is 2.14. The first-order valence-corrected chi connectivity index (χ1v) is 7.82. The molecule has 2 rings (SSSR count). The van der Waals surface area contributed by atoms with Crippen molar-refractivity contribution >= 4 is 23.1 Å². The third-order valence-electron chi connectivity index (χ3n) is 2.59. The van der Waals surface area contributed by atoms with E-state index in [4.69, 9.17) is 0 Å². The Balaban J connectivity index is 1.99. The van der Waals surface area contributed by atoms with Crippen molar-refractivity contribution in [2.24, 2.45) is 0 Å². The first-order chi connectivity index (χ1) is 8.65. The molecular weight excluding hydrogens is 260 g/mol. The number of thioether (sulfide) groups is 1. The molecule has 4 heteroatoms. The van der Waals surface area contributed by atoms with Crippen molar-refractivity contribution in [3.05, 3.63) is 35.2 Å². The maximum Gasteiger partial charge on any atom is 0.150 e. The van der Waals surface area contributed by atoms with Gasteiger partial charge in [-0.15, -0.1) is 11.3 Å². The Hall–Kier alpha value is -0.840. The second-order valence-electron chi connectivity index (χ2n) is 4.52. The van der Waals surface area contributed by atoms with Crippen molar-refractivity contribution in [1.29, 1.82) is 0 Å². The maximum absolute atomic E-state index is 4.67. The van der Waals surface area contributed by atoms with E-state index < -0.39 is 0 Å². The second-order valence-corrected chi connectivity index (χ2v) is 6.72. The van der Waals surface area contributed by atoms with Crippen LogP contribution in [0.5, 0.6) is 0 Å². The van der Waals surface area contributed by atoms with E-state index in [1.165, 1.54) is 11.1 Å². The van der Waals surface area contributed by atoms with Gasteiger partial charge >= 0.3 is 0 Å². The van der Waals surface area contributed by atoms with E-state index in [9.17, 15) is 0 Å². The van der Waals surface area contributed by atoms with Crippen LogP contribution >= 0.6 is 23.1 Å².